The highest BCUT2D eigenvalue weighted by atomic mass is 35.5. The number of furan rings is 1. The van der Waals surface area contributed by atoms with E-state index in [-0.39, 0.29) is 11.5 Å². The van der Waals surface area contributed by atoms with Crippen molar-refractivity contribution in [2.45, 2.75) is 31.2 Å². The van der Waals surface area contributed by atoms with E-state index in [0.29, 0.717) is 23.4 Å². The number of Topliss-reactive ketones (excluding diaryl/α,β-unsaturated/α-hetero) is 1. The molecule has 1 saturated carbocycles. The topological polar surface area (TPSA) is 76.8 Å². The van der Waals surface area contributed by atoms with Crippen LogP contribution < -0.4 is 0 Å². The molecule has 0 bridgehead atoms. The summed E-state index contributed by atoms with van der Waals surface area (Å²) in [7, 11) is 1.55. The molecular formula is C20H20ClNO5. The lowest BCUT2D eigenvalue weighted by Crippen LogP contribution is -2.55. The molecule has 1 aliphatic rings. The van der Waals surface area contributed by atoms with E-state index in [2.05, 4.69) is 0 Å². The summed E-state index contributed by atoms with van der Waals surface area (Å²) in [6.45, 7) is -0.491. The summed E-state index contributed by atoms with van der Waals surface area (Å²) in [5, 5.41) is 0.431. The van der Waals surface area contributed by atoms with Gasteiger partial charge in [-0.2, -0.15) is 0 Å². The van der Waals surface area contributed by atoms with E-state index in [0.717, 1.165) is 12.8 Å². The number of nitrogens with zero attached hydrogens (tertiary/aromatic N) is 1. The van der Waals surface area contributed by atoms with E-state index in [9.17, 15) is 14.4 Å². The molecule has 6 nitrogen and oxygen atoms in total. The van der Waals surface area contributed by atoms with Gasteiger partial charge >= 0.3 is 5.97 Å². The molecule has 142 valence electrons. The van der Waals surface area contributed by atoms with Crippen molar-refractivity contribution in [1.82, 2.24) is 4.90 Å². The molecule has 0 aliphatic heterocycles. The Labute approximate surface area is 162 Å². The zero-order chi connectivity index (χ0) is 19.4. The zero-order valence-electron chi connectivity index (χ0n) is 14.9. The van der Waals surface area contributed by atoms with Gasteiger partial charge in [0.25, 0.3) is 5.91 Å². The summed E-state index contributed by atoms with van der Waals surface area (Å²) in [5.41, 5.74) is -0.547. The Kier molecular flexibility index (Phi) is 5.65. The maximum atomic E-state index is 13.0. The van der Waals surface area contributed by atoms with Crippen LogP contribution in [0.2, 0.25) is 5.02 Å². The van der Waals surface area contributed by atoms with Crippen molar-refractivity contribution in [2.24, 2.45) is 0 Å². The second kappa shape index (κ2) is 7.96. The molecule has 1 heterocycles. The standard InChI is InChI=1S/C20H20ClNO5/c1-22(18(24)13-27-19(25)16-9-6-12-26-16)20(11-5-4-10-17(20)23)14-7-2-3-8-15(14)21/h2-3,6-9,12H,4-5,10-11,13H2,1H3. The fraction of sp³-hybridized carbons (Fsp3) is 0.350. The van der Waals surface area contributed by atoms with E-state index >= 15 is 0 Å². The van der Waals surface area contributed by atoms with Crippen LogP contribution in [0.5, 0.6) is 0 Å². The van der Waals surface area contributed by atoms with Crippen molar-refractivity contribution in [3.8, 4) is 0 Å². The highest BCUT2D eigenvalue weighted by Crippen LogP contribution is 2.42. The predicted molar refractivity (Wildman–Crippen MR) is 98.4 cm³/mol. The Morgan fingerprint density at radius 2 is 2.00 bits per heavy atom. The third-order valence-corrected chi connectivity index (χ3v) is 5.30. The van der Waals surface area contributed by atoms with E-state index in [1.54, 1.807) is 37.4 Å². The van der Waals surface area contributed by atoms with E-state index in [1.807, 2.05) is 0 Å². The molecular weight excluding hydrogens is 370 g/mol. The van der Waals surface area contributed by atoms with Crippen LogP contribution in [0.25, 0.3) is 0 Å². The molecule has 7 heteroatoms. The largest absolute Gasteiger partial charge is 0.457 e. The number of ketones is 1. The van der Waals surface area contributed by atoms with Crippen molar-refractivity contribution < 1.29 is 23.5 Å². The van der Waals surface area contributed by atoms with Crippen molar-refractivity contribution >= 4 is 29.3 Å². The molecule has 0 saturated heterocycles. The van der Waals surface area contributed by atoms with Gasteiger partial charge in [-0.15, -0.1) is 0 Å². The van der Waals surface area contributed by atoms with Crippen LogP contribution in [0, 0.1) is 0 Å². The normalized spacial score (nSPS) is 19.6. The van der Waals surface area contributed by atoms with E-state index < -0.39 is 24.0 Å². The molecule has 1 aromatic carbocycles. The van der Waals surface area contributed by atoms with E-state index in [4.69, 9.17) is 20.8 Å². The Morgan fingerprint density at radius 3 is 2.67 bits per heavy atom. The van der Waals surface area contributed by atoms with Gasteiger partial charge in [-0.3, -0.25) is 9.59 Å². The maximum Gasteiger partial charge on any atom is 0.374 e. The predicted octanol–water partition coefficient (Wildman–Crippen LogP) is 3.59. The molecule has 1 atom stereocenters. The first kappa shape index (κ1) is 19.2. The molecule has 1 unspecified atom stereocenters. The lowest BCUT2D eigenvalue weighted by molar-refractivity contribution is -0.150. The number of likely N-dealkylation sites (N-methyl/N-ethyl adjacent to an activating group) is 1. The Bertz CT molecular complexity index is 848. The molecule has 1 aliphatic carbocycles. The number of hydrogen-bond acceptors (Lipinski definition) is 5. The number of ether oxygens (including phenoxy) is 1. The highest BCUT2D eigenvalue weighted by molar-refractivity contribution is 6.31. The van der Waals surface area contributed by atoms with Crippen molar-refractivity contribution in [1.29, 1.82) is 0 Å². The molecule has 0 radical (unpaired) electrons. The lowest BCUT2D eigenvalue weighted by Gasteiger charge is -2.43. The smallest absolute Gasteiger partial charge is 0.374 e. The monoisotopic (exact) mass is 389 g/mol. The van der Waals surface area contributed by atoms with Crippen LogP contribution in [-0.2, 0) is 19.9 Å². The summed E-state index contributed by atoms with van der Waals surface area (Å²) >= 11 is 6.37. The number of esters is 1. The minimum atomic E-state index is -1.15. The maximum absolute atomic E-state index is 13.0. The number of hydrogen-bond donors (Lipinski definition) is 0. The third-order valence-electron chi connectivity index (χ3n) is 4.97. The number of rotatable bonds is 5. The van der Waals surface area contributed by atoms with Crippen LogP contribution in [0.15, 0.2) is 47.1 Å². The van der Waals surface area contributed by atoms with Crippen LogP contribution in [0.4, 0.5) is 0 Å². The molecule has 3 rings (SSSR count). The SMILES string of the molecule is CN(C(=O)COC(=O)c1ccco1)C1(c2ccccc2Cl)CCCCC1=O. The van der Waals surface area contributed by atoms with Gasteiger partial charge in [0.05, 0.1) is 6.26 Å². The minimum absolute atomic E-state index is 0.0139. The van der Waals surface area contributed by atoms with Gasteiger partial charge in [0.2, 0.25) is 5.76 Å². The lowest BCUT2D eigenvalue weighted by atomic mass is 9.74. The Balaban J connectivity index is 1.84. The van der Waals surface area contributed by atoms with Gasteiger partial charge in [0.15, 0.2) is 12.4 Å². The fourth-order valence-corrected chi connectivity index (χ4v) is 3.82. The highest BCUT2D eigenvalue weighted by Gasteiger charge is 2.48. The number of carbonyl (C=O) groups excluding carboxylic acids is 3. The van der Waals surface area contributed by atoms with Crippen LogP contribution in [-0.4, -0.2) is 36.2 Å². The van der Waals surface area contributed by atoms with Gasteiger partial charge < -0.3 is 14.1 Å². The van der Waals surface area contributed by atoms with E-state index in [1.165, 1.54) is 17.2 Å². The van der Waals surface area contributed by atoms with Gasteiger partial charge in [-0.25, -0.2) is 4.79 Å². The Morgan fingerprint density at radius 1 is 1.22 bits per heavy atom. The van der Waals surface area contributed by atoms with Crippen LogP contribution in [0.3, 0.4) is 0 Å². The molecule has 1 fully saturated rings. The number of carbonyl (C=O) groups is 3. The van der Waals surface area contributed by atoms with Gasteiger partial charge in [-0.05, 0) is 37.5 Å². The average molecular weight is 390 g/mol. The minimum Gasteiger partial charge on any atom is -0.457 e. The second-order valence-corrected chi connectivity index (χ2v) is 6.88. The van der Waals surface area contributed by atoms with Crippen molar-refractivity contribution in [2.75, 3.05) is 13.7 Å². The first-order valence-corrected chi connectivity index (χ1v) is 9.10. The Hall–Kier alpha value is -2.60. The van der Waals surface area contributed by atoms with Crippen LogP contribution >= 0.6 is 11.6 Å². The number of benzene rings is 1. The number of amides is 1. The first-order chi connectivity index (χ1) is 13.0. The average Bonchev–Trinajstić information content (AvgIpc) is 3.21. The molecule has 1 aromatic heterocycles. The van der Waals surface area contributed by atoms with Crippen molar-refractivity contribution in [3.05, 3.63) is 59.0 Å². The molecule has 1 amide bonds. The van der Waals surface area contributed by atoms with Gasteiger partial charge in [-0.1, -0.05) is 29.8 Å². The molecule has 2 aromatic rings. The summed E-state index contributed by atoms with van der Waals surface area (Å²) in [5.74, 6) is -1.26. The summed E-state index contributed by atoms with van der Waals surface area (Å²) in [6, 6.07) is 10.0. The summed E-state index contributed by atoms with van der Waals surface area (Å²) in [6.07, 6.45) is 3.76. The second-order valence-electron chi connectivity index (χ2n) is 6.48. The first-order valence-electron chi connectivity index (χ1n) is 8.72. The van der Waals surface area contributed by atoms with Crippen molar-refractivity contribution in [3.63, 3.8) is 0 Å². The summed E-state index contributed by atoms with van der Waals surface area (Å²) < 4.78 is 9.99. The van der Waals surface area contributed by atoms with Gasteiger partial charge in [0.1, 0.15) is 5.54 Å². The molecule has 27 heavy (non-hydrogen) atoms. The quantitative estimate of drug-likeness (QED) is 0.730. The van der Waals surface area contributed by atoms with Crippen LogP contribution in [0.1, 0.15) is 41.8 Å². The number of halogens is 1. The summed E-state index contributed by atoms with van der Waals surface area (Å²) in [4.78, 5) is 39.0. The third kappa shape index (κ3) is 3.62. The zero-order valence-corrected chi connectivity index (χ0v) is 15.7. The van der Waals surface area contributed by atoms with Gasteiger partial charge in [0, 0.05) is 24.1 Å². The molecule has 0 N–H and O–H groups in total. The fourth-order valence-electron chi connectivity index (χ4n) is 3.53. The molecule has 0 spiro atoms.